The van der Waals surface area contributed by atoms with Gasteiger partial charge in [0, 0.05) is 28.2 Å². The van der Waals surface area contributed by atoms with Gasteiger partial charge in [-0.3, -0.25) is 4.79 Å². The highest BCUT2D eigenvalue weighted by Crippen LogP contribution is 2.44. The zero-order valence-electron chi connectivity index (χ0n) is 14.0. The molecule has 1 aliphatic rings. The van der Waals surface area contributed by atoms with Crippen LogP contribution in [-0.4, -0.2) is 33.9 Å². The summed E-state index contributed by atoms with van der Waals surface area (Å²) in [6.45, 7) is 4.57. The maximum atomic E-state index is 12.3. The van der Waals surface area contributed by atoms with E-state index in [1.165, 1.54) is 0 Å². The first-order chi connectivity index (χ1) is 11.4. The van der Waals surface area contributed by atoms with E-state index in [9.17, 15) is 9.90 Å². The minimum atomic E-state index is -0.0762. The van der Waals surface area contributed by atoms with Gasteiger partial charge in [-0.05, 0) is 51.0 Å². The van der Waals surface area contributed by atoms with Gasteiger partial charge < -0.3 is 10.4 Å². The monoisotopic (exact) mass is 347 g/mol. The molecule has 0 spiro atoms. The SMILES string of the molecule is Cc1nn(-c2ccc(Cl)cc2)c(C)c1CC(=O)NCC1(CO)CC1. The number of nitrogens with one attached hydrogen (secondary N) is 1. The number of benzene rings is 1. The molecule has 0 atom stereocenters. The van der Waals surface area contributed by atoms with Crippen LogP contribution in [0.15, 0.2) is 24.3 Å². The highest BCUT2D eigenvalue weighted by atomic mass is 35.5. The predicted molar refractivity (Wildman–Crippen MR) is 93.5 cm³/mol. The molecule has 1 aromatic heterocycles. The molecule has 0 unspecified atom stereocenters. The first-order valence-corrected chi connectivity index (χ1v) is 8.50. The maximum Gasteiger partial charge on any atom is 0.224 e. The van der Waals surface area contributed by atoms with Gasteiger partial charge in [-0.25, -0.2) is 4.68 Å². The minimum absolute atomic E-state index is 0.0309. The normalized spacial score (nSPS) is 15.3. The number of carbonyl (C=O) groups is 1. The lowest BCUT2D eigenvalue weighted by Gasteiger charge is -2.12. The van der Waals surface area contributed by atoms with Crippen molar-refractivity contribution in [2.75, 3.05) is 13.2 Å². The van der Waals surface area contributed by atoms with E-state index in [1.54, 1.807) is 0 Å². The van der Waals surface area contributed by atoms with Crippen molar-refractivity contribution in [3.63, 3.8) is 0 Å². The van der Waals surface area contributed by atoms with Crippen LogP contribution in [0.4, 0.5) is 0 Å². The Hall–Kier alpha value is -1.85. The molecular formula is C18H22ClN3O2. The van der Waals surface area contributed by atoms with Crippen molar-refractivity contribution in [2.45, 2.75) is 33.1 Å². The van der Waals surface area contributed by atoms with Crippen molar-refractivity contribution in [3.8, 4) is 5.69 Å². The summed E-state index contributed by atoms with van der Waals surface area (Å²) < 4.78 is 1.84. The number of rotatable bonds is 6. The van der Waals surface area contributed by atoms with Crippen LogP contribution in [0, 0.1) is 19.3 Å². The van der Waals surface area contributed by atoms with Gasteiger partial charge in [0.1, 0.15) is 0 Å². The molecule has 24 heavy (non-hydrogen) atoms. The second-order valence-corrected chi connectivity index (χ2v) is 7.09. The summed E-state index contributed by atoms with van der Waals surface area (Å²) in [4.78, 5) is 12.3. The van der Waals surface area contributed by atoms with E-state index in [4.69, 9.17) is 11.6 Å². The van der Waals surface area contributed by atoms with Crippen molar-refractivity contribution >= 4 is 17.5 Å². The topological polar surface area (TPSA) is 67.2 Å². The summed E-state index contributed by atoms with van der Waals surface area (Å²) in [6, 6.07) is 7.46. The average molecular weight is 348 g/mol. The fraction of sp³-hybridized carbons (Fsp3) is 0.444. The van der Waals surface area contributed by atoms with E-state index in [1.807, 2.05) is 42.8 Å². The lowest BCUT2D eigenvalue weighted by atomic mass is 10.1. The molecule has 0 bridgehead atoms. The molecule has 1 aromatic carbocycles. The number of aliphatic hydroxyl groups excluding tert-OH is 1. The zero-order valence-corrected chi connectivity index (χ0v) is 14.7. The number of hydrogen-bond donors (Lipinski definition) is 2. The van der Waals surface area contributed by atoms with Crippen LogP contribution < -0.4 is 5.32 Å². The van der Waals surface area contributed by atoms with E-state index in [0.717, 1.165) is 35.5 Å². The number of amides is 1. The number of aromatic nitrogens is 2. The summed E-state index contributed by atoms with van der Waals surface area (Å²) in [5.74, 6) is -0.0309. The summed E-state index contributed by atoms with van der Waals surface area (Å²) in [7, 11) is 0. The summed E-state index contributed by atoms with van der Waals surface area (Å²) >= 11 is 5.93. The van der Waals surface area contributed by atoms with Crippen molar-refractivity contribution in [1.29, 1.82) is 0 Å². The smallest absolute Gasteiger partial charge is 0.224 e. The van der Waals surface area contributed by atoms with Crippen molar-refractivity contribution in [1.82, 2.24) is 15.1 Å². The van der Waals surface area contributed by atoms with Gasteiger partial charge in [0.25, 0.3) is 0 Å². The fourth-order valence-corrected chi connectivity index (χ4v) is 2.97. The van der Waals surface area contributed by atoms with Crippen LogP contribution in [0.1, 0.15) is 29.8 Å². The van der Waals surface area contributed by atoms with Gasteiger partial charge in [0.2, 0.25) is 5.91 Å². The standard InChI is InChI=1S/C18H22ClN3O2/c1-12-16(9-17(24)20-10-18(11-23)7-8-18)13(2)22(21-12)15-5-3-14(19)4-6-15/h3-6,23H,7-11H2,1-2H3,(H,20,24). The van der Waals surface area contributed by atoms with Crippen molar-refractivity contribution in [2.24, 2.45) is 5.41 Å². The Bertz CT molecular complexity index is 748. The fourth-order valence-electron chi connectivity index (χ4n) is 2.84. The van der Waals surface area contributed by atoms with Gasteiger partial charge in [0.05, 0.1) is 24.4 Å². The molecule has 1 amide bonds. The van der Waals surface area contributed by atoms with Gasteiger partial charge >= 0.3 is 0 Å². The van der Waals surface area contributed by atoms with Gasteiger partial charge in [-0.15, -0.1) is 0 Å². The summed E-state index contributed by atoms with van der Waals surface area (Å²) in [5, 5.41) is 17.5. The van der Waals surface area contributed by atoms with Gasteiger partial charge in [0.15, 0.2) is 0 Å². The number of hydrogen-bond acceptors (Lipinski definition) is 3. The maximum absolute atomic E-state index is 12.3. The van der Waals surface area contributed by atoms with E-state index >= 15 is 0 Å². The Labute approximate surface area is 146 Å². The second-order valence-electron chi connectivity index (χ2n) is 6.65. The molecule has 0 aliphatic heterocycles. The van der Waals surface area contributed by atoms with Gasteiger partial charge in [-0.1, -0.05) is 11.6 Å². The number of aryl methyl sites for hydroxylation is 1. The first kappa shape index (κ1) is 17.0. The van der Waals surface area contributed by atoms with Crippen LogP contribution >= 0.6 is 11.6 Å². The molecule has 2 N–H and O–H groups in total. The molecule has 1 fully saturated rings. The van der Waals surface area contributed by atoms with E-state index < -0.39 is 0 Å². The molecule has 0 saturated heterocycles. The third kappa shape index (κ3) is 3.47. The number of aliphatic hydroxyl groups is 1. The van der Waals surface area contributed by atoms with Crippen LogP contribution in [0.5, 0.6) is 0 Å². The largest absolute Gasteiger partial charge is 0.396 e. The lowest BCUT2D eigenvalue weighted by Crippen LogP contribution is -2.33. The first-order valence-electron chi connectivity index (χ1n) is 8.13. The third-order valence-electron chi connectivity index (χ3n) is 4.80. The van der Waals surface area contributed by atoms with Crippen LogP contribution in [0.2, 0.25) is 5.02 Å². The molecule has 5 nitrogen and oxygen atoms in total. The van der Waals surface area contributed by atoms with Crippen LogP contribution in [0.3, 0.4) is 0 Å². The van der Waals surface area contributed by atoms with Crippen molar-refractivity contribution < 1.29 is 9.90 Å². The summed E-state index contributed by atoms with van der Waals surface area (Å²) in [6.07, 6.45) is 2.26. The Kier molecular flexibility index (Phi) is 4.65. The molecule has 1 saturated carbocycles. The molecule has 2 aromatic rings. The highest BCUT2D eigenvalue weighted by molar-refractivity contribution is 6.30. The Morgan fingerprint density at radius 2 is 2.00 bits per heavy atom. The Morgan fingerprint density at radius 3 is 2.58 bits per heavy atom. The number of halogens is 1. The lowest BCUT2D eigenvalue weighted by molar-refractivity contribution is -0.120. The van der Waals surface area contributed by atoms with Crippen LogP contribution in [-0.2, 0) is 11.2 Å². The molecule has 6 heteroatoms. The predicted octanol–water partition coefficient (Wildman–Crippen LogP) is 2.57. The Balaban J connectivity index is 1.72. The van der Waals surface area contributed by atoms with E-state index in [2.05, 4.69) is 10.4 Å². The van der Waals surface area contributed by atoms with E-state index in [-0.39, 0.29) is 17.9 Å². The quantitative estimate of drug-likeness (QED) is 0.844. The molecule has 0 radical (unpaired) electrons. The second kappa shape index (κ2) is 6.57. The molecule has 1 aliphatic carbocycles. The Morgan fingerprint density at radius 1 is 1.33 bits per heavy atom. The van der Waals surface area contributed by atoms with Crippen molar-refractivity contribution in [3.05, 3.63) is 46.2 Å². The molecule has 1 heterocycles. The van der Waals surface area contributed by atoms with Crippen LogP contribution in [0.25, 0.3) is 5.69 Å². The number of nitrogens with zero attached hydrogens (tertiary/aromatic N) is 2. The van der Waals surface area contributed by atoms with Gasteiger partial charge in [-0.2, -0.15) is 5.10 Å². The highest BCUT2D eigenvalue weighted by Gasteiger charge is 2.42. The minimum Gasteiger partial charge on any atom is -0.396 e. The van der Waals surface area contributed by atoms with E-state index in [0.29, 0.717) is 18.0 Å². The third-order valence-corrected chi connectivity index (χ3v) is 5.05. The zero-order chi connectivity index (χ0) is 17.3. The average Bonchev–Trinajstić information content (AvgIpc) is 3.31. The molecule has 128 valence electrons. The molecular weight excluding hydrogens is 326 g/mol. The molecule has 3 rings (SSSR count). The number of carbonyl (C=O) groups excluding carboxylic acids is 1. The summed E-state index contributed by atoms with van der Waals surface area (Å²) in [5.41, 5.74) is 3.59.